The Hall–Kier alpha value is -1.58. The lowest BCUT2D eigenvalue weighted by Gasteiger charge is -2.13. The highest BCUT2D eigenvalue weighted by Gasteiger charge is 2.12. The van der Waals surface area contributed by atoms with E-state index in [-0.39, 0.29) is 11.8 Å². The van der Waals surface area contributed by atoms with Crippen LogP contribution in [0.5, 0.6) is 0 Å². The van der Waals surface area contributed by atoms with E-state index in [4.69, 9.17) is 0 Å². The number of aryl methyl sites for hydroxylation is 1. The molecule has 0 aromatic heterocycles. The molecule has 1 N–H and O–H groups in total. The number of hydrogen-bond acceptors (Lipinski definition) is 3. The lowest BCUT2D eigenvalue weighted by Crippen LogP contribution is -2.27. The lowest BCUT2D eigenvalue weighted by atomic mass is 10.2. The molecule has 4 heteroatoms. The van der Waals surface area contributed by atoms with Crippen LogP contribution in [-0.4, -0.2) is 19.1 Å². The number of carbonyl (C=O) groups excluding carboxylic acids is 1. The Labute approximate surface area is 88.2 Å². The maximum absolute atomic E-state index is 12.9. The molecule has 0 saturated carbocycles. The molecule has 82 valence electrons. The zero-order valence-corrected chi connectivity index (χ0v) is 9.00. The first-order valence-electron chi connectivity index (χ1n) is 4.65. The predicted octanol–water partition coefficient (Wildman–Crippen LogP) is 2.11. The summed E-state index contributed by atoms with van der Waals surface area (Å²) in [6.07, 6.45) is 0. The minimum atomic E-state index is -0.445. The van der Waals surface area contributed by atoms with Crippen LogP contribution in [0, 0.1) is 12.7 Å². The normalized spacial score (nSPS) is 12.0. The summed E-state index contributed by atoms with van der Waals surface area (Å²) in [7, 11) is 1.33. The molecule has 0 bridgehead atoms. The molecule has 0 aliphatic rings. The number of esters is 1. The quantitative estimate of drug-likeness (QED) is 0.778. The lowest BCUT2D eigenvalue weighted by molar-refractivity contribution is -0.141. The van der Waals surface area contributed by atoms with Gasteiger partial charge in [-0.15, -0.1) is 0 Å². The Kier molecular flexibility index (Phi) is 3.66. The molecule has 1 aromatic rings. The molecule has 0 heterocycles. The van der Waals surface area contributed by atoms with E-state index in [1.807, 2.05) is 0 Å². The second-order valence-corrected chi connectivity index (χ2v) is 3.35. The summed E-state index contributed by atoms with van der Waals surface area (Å²) in [6, 6.07) is 4.15. The van der Waals surface area contributed by atoms with Gasteiger partial charge in [-0.05, 0) is 37.6 Å². The van der Waals surface area contributed by atoms with Gasteiger partial charge in [-0.1, -0.05) is 0 Å². The molecule has 0 saturated heterocycles. The van der Waals surface area contributed by atoms with E-state index >= 15 is 0 Å². The van der Waals surface area contributed by atoms with Gasteiger partial charge in [-0.2, -0.15) is 0 Å². The van der Waals surface area contributed by atoms with Crippen molar-refractivity contribution in [2.24, 2.45) is 0 Å². The average Bonchev–Trinajstić information content (AvgIpc) is 2.22. The van der Waals surface area contributed by atoms with Crippen LogP contribution >= 0.6 is 0 Å². The number of carbonyl (C=O) groups is 1. The smallest absolute Gasteiger partial charge is 0.327 e. The molecule has 0 aliphatic carbocycles. The van der Waals surface area contributed by atoms with E-state index in [0.717, 1.165) is 0 Å². The van der Waals surface area contributed by atoms with Crippen molar-refractivity contribution in [3.05, 3.63) is 29.6 Å². The van der Waals surface area contributed by atoms with Crippen LogP contribution in [-0.2, 0) is 9.53 Å². The van der Waals surface area contributed by atoms with Crippen molar-refractivity contribution in [2.45, 2.75) is 19.9 Å². The zero-order chi connectivity index (χ0) is 11.4. The fourth-order valence-electron chi connectivity index (χ4n) is 1.22. The summed E-state index contributed by atoms with van der Waals surface area (Å²) in [6.45, 7) is 3.36. The van der Waals surface area contributed by atoms with Gasteiger partial charge < -0.3 is 10.1 Å². The molecule has 0 radical (unpaired) electrons. The van der Waals surface area contributed by atoms with Crippen LogP contribution in [0.2, 0.25) is 0 Å². The van der Waals surface area contributed by atoms with E-state index < -0.39 is 6.04 Å². The van der Waals surface area contributed by atoms with Gasteiger partial charge in [0.1, 0.15) is 11.9 Å². The van der Waals surface area contributed by atoms with Crippen LogP contribution in [0.1, 0.15) is 12.5 Å². The van der Waals surface area contributed by atoms with E-state index in [0.29, 0.717) is 11.3 Å². The van der Waals surface area contributed by atoms with Gasteiger partial charge in [-0.25, -0.2) is 9.18 Å². The fourth-order valence-corrected chi connectivity index (χ4v) is 1.22. The van der Waals surface area contributed by atoms with Gasteiger partial charge in [-0.3, -0.25) is 0 Å². The molecular weight excluding hydrogens is 197 g/mol. The van der Waals surface area contributed by atoms with E-state index in [9.17, 15) is 9.18 Å². The highest BCUT2D eigenvalue weighted by molar-refractivity contribution is 5.78. The number of rotatable bonds is 3. The number of hydrogen-bond donors (Lipinski definition) is 1. The maximum Gasteiger partial charge on any atom is 0.327 e. The van der Waals surface area contributed by atoms with Crippen LogP contribution in [0.3, 0.4) is 0 Å². The van der Waals surface area contributed by atoms with Crippen molar-refractivity contribution in [1.82, 2.24) is 0 Å². The third-order valence-corrected chi connectivity index (χ3v) is 2.10. The highest BCUT2D eigenvalue weighted by atomic mass is 19.1. The van der Waals surface area contributed by atoms with Crippen molar-refractivity contribution >= 4 is 11.7 Å². The van der Waals surface area contributed by atoms with Crippen LogP contribution < -0.4 is 5.32 Å². The molecule has 0 fully saturated rings. The van der Waals surface area contributed by atoms with E-state index in [1.54, 1.807) is 26.0 Å². The third-order valence-electron chi connectivity index (χ3n) is 2.10. The maximum atomic E-state index is 12.9. The summed E-state index contributed by atoms with van der Waals surface area (Å²) in [5, 5.41) is 2.92. The molecule has 0 amide bonds. The summed E-state index contributed by atoms with van der Waals surface area (Å²) >= 11 is 0. The molecule has 1 rings (SSSR count). The summed E-state index contributed by atoms with van der Waals surface area (Å²) < 4.78 is 17.5. The average molecular weight is 211 g/mol. The number of halogens is 1. The van der Waals surface area contributed by atoms with Crippen molar-refractivity contribution in [3.63, 3.8) is 0 Å². The summed E-state index contributed by atoms with van der Waals surface area (Å²) in [5.41, 5.74) is 1.24. The Morgan fingerprint density at radius 2 is 2.20 bits per heavy atom. The van der Waals surface area contributed by atoms with E-state index in [1.165, 1.54) is 13.2 Å². The fraction of sp³-hybridized carbons (Fsp3) is 0.364. The van der Waals surface area contributed by atoms with Crippen molar-refractivity contribution in [2.75, 3.05) is 12.4 Å². The van der Waals surface area contributed by atoms with Gasteiger partial charge in [0.15, 0.2) is 0 Å². The standard InChI is InChI=1S/C11H14FNO2/c1-7-6-9(4-5-10(7)12)13-8(2)11(14)15-3/h4-6,8,13H,1-3H3. The molecule has 15 heavy (non-hydrogen) atoms. The third kappa shape index (κ3) is 2.94. The first-order chi connectivity index (χ1) is 7.04. The Balaban J connectivity index is 2.73. The minimum Gasteiger partial charge on any atom is -0.467 e. The van der Waals surface area contributed by atoms with Crippen molar-refractivity contribution in [1.29, 1.82) is 0 Å². The SMILES string of the molecule is COC(=O)C(C)Nc1ccc(F)c(C)c1. The van der Waals surface area contributed by atoms with Gasteiger partial charge >= 0.3 is 5.97 Å². The Morgan fingerprint density at radius 1 is 1.53 bits per heavy atom. The molecule has 1 atom stereocenters. The van der Waals surface area contributed by atoms with Gasteiger partial charge in [0.2, 0.25) is 0 Å². The van der Waals surface area contributed by atoms with Gasteiger partial charge in [0.05, 0.1) is 7.11 Å². The first-order valence-corrected chi connectivity index (χ1v) is 4.65. The van der Waals surface area contributed by atoms with Crippen LogP contribution in [0.25, 0.3) is 0 Å². The van der Waals surface area contributed by atoms with Crippen molar-refractivity contribution in [3.8, 4) is 0 Å². The number of ether oxygens (including phenoxy) is 1. The Morgan fingerprint density at radius 3 is 2.73 bits per heavy atom. The topological polar surface area (TPSA) is 38.3 Å². The van der Waals surface area contributed by atoms with Gasteiger partial charge in [0.25, 0.3) is 0 Å². The van der Waals surface area contributed by atoms with Crippen molar-refractivity contribution < 1.29 is 13.9 Å². The zero-order valence-electron chi connectivity index (χ0n) is 9.00. The molecular formula is C11H14FNO2. The number of benzene rings is 1. The van der Waals surface area contributed by atoms with Crippen LogP contribution in [0.4, 0.5) is 10.1 Å². The number of nitrogens with one attached hydrogen (secondary N) is 1. The van der Waals surface area contributed by atoms with Gasteiger partial charge in [0, 0.05) is 5.69 Å². The molecule has 0 spiro atoms. The second kappa shape index (κ2) is 4.77. The largest absolute Gasteiger partial charge is 0.467 e. The molecule has 3 nitrogen and oxygen atoms in total. The molecule has 0 aliphatic heterocycles. The first kappa shape index (κ1) is 11.5. The number of anilines is 1. The number of methoxy groups -OCH3 is 1. The highest BCUT2D eigenvalue weighted by Crippen LogP contribution is 2.14. The predicted molar refractivity (Wildman–Crippen MR) is 56.2 cm³/mol. The molecule has 1 unspecified atom stereocenters. The summed E-state index contributed by atoms with van der Waals surface area (Å²) in [5.74, 6) is -0.608. The minimum absolute atomic E-state index is 0.258. The van der Waals surface area contributed by atoms with Crippen LogP contribution in [0.15, 0.2) is 18.2 Å². The molecule has 1 aromatic carbocycles. The summed E-state index contributed by atoms with van der Waals surface area (Å²) in [4.78, 5) is 11.1. The second-order valence-electron chi connectivity index (χ2n) is 3.35. The van der Waals surface area contributed by atoms with E-state index in [2.05, 4.69) is 10.1 Å². The Bertz CT molecular complexity index is 366. The monoisotopic (exact) mass is 211 g/mol.